The third-order valence-corrected chi connectivity index (χ3v) is 4.63. The molecule has 0 bridgehead atoms. The fraction of sp³-hybridized carbons (Fsp3) is 0.300. The summed E-state index contributed by atoms with van der Waals surface area (Å²) in [6, 6.07) is 12.4. The number of ether oxygens (including phenoxy) is 1. The molecule has 0 heterocycles. The number of methoxy groups -OCH3 is 1. The van der Waals surface area contributed by atoms with Gasteiger partial charge in [0.05, 0.1) is 19.1 Å². The number of benzene rings is 2. The number of hydrogen-bond acceptors (Lipinski definition) is 5. The van der Waals surface area contributed by atoms with E-state index in [2.05, 4.69) is 15.4 Å². The van der Waals surface area contributed by atoms with Crippen LogP contribution >= 0.6 is 0 Å². The molecule has 29 heavy (non-hydrogen) atoms. The molecule has 0 aromatic heterocycles. The molecule has 1 atom stereocenters. The second kappa shape index (κ2) is 9.42. The molecule has 0 aliphatic carbocycles. The Labute approximate surface area is 170 Å². The van der Waals surface area contributed by atoms with Gasteiger partial charge >= 0.3 is 0 Å². The van der Waals surface area contributed by atoms with Gasteiger partial charge in [-0.15, -0.1) is 0 Å². The number of amides is 2. The average Bonchev–Trinajstić information content (AvgIpc) is 2.66. The van der Waals surface area contributed by atoms with E-state index in [1.807, 2.05) is 13.8 Å². The minimum atomic E-state index is -3.48. The van der Waals surface area contributed by atoms with Crippen molar-refractivity contribution in [2.75, 3.05) is 23.4 Å². The average molecular weight is 420 g/mol. The first-order valence-corrected chi connectivity index (χ1v) is 10.8. The summed E-state index contributed by atoms with van der Waals surface area (Å²) in [6.07, 6.45) is 1.03. The summed E-state index contributed by atoms with van der Waals surface area (Å²) >= 11 is 0. The van der Waals surface area contributed by atoms with Crippen LogP contribution in [0.1, 0.15) is 24.2 Å². The number of rotatable bonds is 8. The molecule has 8 nitrogen and oxygen atoms in total. The Kier molecular flexibility index (Phi) is 7.22. The number of carbonyl (C=O) groups is 2. The fourth-order valence-electron chi connectivity index (χ4n) is 2.62. The van der Waals surface area contributed by atoms with Gasteiger partial charge in [0.25, 0.3) is 5.91 Å². The Balaban J connectivity index is 2.16. The van der Waals surface area contributed by atoms with Crippen molar-refractivity contribution in [3.63, 3.8) is 0 Å². The Bertz CT molecular complexity index is 975. The lowest BCUT2D eigenvalue weighted by molar-refractivity contribution is -0.118. The van der Waals surface area contributed by atoms with E-state index in [9.17, 15) is 18.0 Å². The van der Waals surface area contributed by atoms with Gasteiger partial charge in [-0.2, -0.15) is 0 Å². The largest absolute Gasteiger partial charge is 0.494 e. The predicted octanol–water partition coefficient (Wildman–Crippen LogP) is 2.46. The minimum absolute atomic E-state index is 0.157. The lowest BCUT2D eigenvalue weighted by atomic mass is 10.0. The summed E-state index contributed by atoms with van der Waals surface area (Å²) in [6.45, 7) is 3.66. The zero-order valence-corrected chi connectivity index (χ0v) is 17.5. The van der Waals surface area contributed by atoms with E-state index in [1.165, 1.54) is 19.2 Å². The SMILES string of the molecule is COc1cc(NC(=O)C(NC(=O)c2ccccc2)C(C)C)ccc1NS(C)(=O)=O. The molecule has 0 aliphatic rings. The summed E-state index contributed by atoms with van der Waals surface area (Å²) in [5.74, 6) is -0.640. The molecule has 0 saturated heterocycles. The molecule has 9 heteroatoms. The first-order valence-electron chi connectivity index (χ1n) is 8.93. The Hall–Kier alpha value is -3.07. The van der Waals surface area contributed by atoms with E-state index in [0.29, 0.717) is 11.3 Å². The molecule has 0 fully saturated rings. The van der Waals surface area contributed by atoms with Crippen molar-refractivity contribution in [3.8, 4) is 5.75 Å². The Morgan fingerprint density at radius 1 is 1.03 bits per heavy atom. The molecule has 0 aliphatic heterocycles. The molecule has 3 N–H and O–H groups in total. The second-order valence-corrected chi connectivity index (χ2v) is 8.59. The van der Waals surface area contributed by atoms with Gasteiger partial charge in [0.1, 0.15) is 11.8 Å². The van der Waals surface area contributed by atoms with Gasteiger partial charge in [-0.25, -0.2) is 8.42 Å². The molecule has 2 rings (SSSR count). The summed E-state index contributed by atoms with van der Waals surface area (Å²) < 4.78 is 30.4. The summed E-state index contributed by atoms with van der Waals surface area (Å²) in [7, 11) is -2.08. The quantitative estimate of drug-likeness (QED) is 0.608. The molecule has 2 aromatic carbocycles. The molecule has 0 spiro atoms. The highest BCUT2D eigenvalue weighted by Crippen LogP contribution is 2.28. The number of hydrogen-bond donors (Lipinski definition) is 3. The summed E-state index contributed by atoms with van der Waals surface area (Å²) in [5, 5.41) is 5.48. The molecule has 1 unspecified atom stereocenters. The highest BCUT2D eigenvalue weighted by molar-refractivity contribution is 7.92. The van der Waals surface area contributed by atoms with Gasteiger partial charge in [-0.1, -0.05) is 32.0 Å². The third-order valence-electron chi connectivity index (χ3n) is 4.04. The molecular weight excluding hydrogens is 394 g/mol. The zero-order valence-electron chi connectivity index (χ0n) is 16.7. The summed E-state index contributed by atoms with van der Waals surface area (Å²) in [4.78, 5) is 25.2. The van der Waals surface area contributed by atoms with Crippen LogP contribution in [0.3, 0.4) is 0 Å². The van der Waals surface area contributed by atoms with E-state index < -0.39 is 22.0 Å². The third kappa shape index (κ3) is 6.49. The number of carbonyl (C=O) groups excluding carboxylic acids is 2. The normalized spacial score (nSPS) is 12.2. The van der Waals surface area contributed by atoms with Crippen LogP contribution in [0.5, 0.6) is 5.75 Å². The maximum absolute atomic E-state index is 12.8. The van der Waals surface area contributed by atoms with Crippen molar-refractivity contribution in [2.45, 2.75) is 19.9 Å². The topological polar surface area (TPSA) is 114 Å². The highest BCUT2D eigenvalue weighted by Gasteiger charge is 2.25. The van der Waals surface area contributed by atoms with E-state index in [-0.39, 0.29) is 23.3 Å². The molecular formula is C20H25N3O5S. The van der Waals surface area contributed by atoms with Crippen molar-refractivity contribution in [3.05, 3.63) is 54.1 Å². The van der Waals surface area contributed by atoms with Crippen molar-refractivity contribution >= 4 is 33.2 Å². The van der Waals surface area contributed by atoms with E-state index in [4.69, 9.17) is 4.74 Å². The maximum Gasteiger partial charge on any atom is 0.251 e. The van der Waals surface area contributed by atoms with Gasteiger partial charge < -0.3 is 15.4 Å². The molecule has 0 saturated carbocycles. The van der Waals surface area contributed by atoms with Crippen LogP contribution in [0, 0.1) is 5.92 Å². The highest BCUT2D eigenvalue weighted by atomic mass is 32.2. The Morgan fingerprint density at radius 3 is 2.24 bits per heavy atom. The number of anilines is 2. The molecule has 2 aromatic rings. The monoisotopic (exact) mass is 419 g/mol. The van der Waals surface area contributed by atoms with Crippen LogP contribution in [0.4, 0.5) is 11.4 Å². The molecule has 156 valence electrons. The first-order chi connectivity index (χ1) is 13.6. The lowest BCUT2D eigenvalue weighted by Crippen LogP contribution is -2.47. The van der Waals surface area contributed by atoms with Gasteiger partial charge in [0.15, 0.2) is 0 Å². The smallest absolute Gasteiger partial charge is 0.251 e. The molecule has 0 radical (unpaired) electrons. The second-order valence-electron chi connectivity index (χ2n) is 6.84. The fourth-order valence-corrected chi connectivity index (χ4v) is 3.19. The van der Waals surface area contributed by atoms with Crippen LogP contribution in [0.25, 0.3) is 0 Å². The van der Waals surface area contributed by atoms with Crippen LogP contribution in [0.15, 0.2) is 48.5 Å². The van der Waals surface area contributed by atoms with Gasteiger partial charge in [-0.3, -0.25) is 14.3 Å². The van der Waals surface area contributed by atoms with Crippen molar-refractivity contribution < 1.29 is 22.7 Å². The van der Waals surface area contributed by atoms with E-state index >= 15 is 0 Å². The van der Waals surface area contributed by atoms with Crippen molar-refractivity contribution in [2.24, 2.45) is 5.92 Å². The lowest BCUT2D eigenvalue weighted by Gasteiger charge is -2.22. The van der Waals surface area contributed by atoms with Crippen molar-refractivity contribution in [1.29, 1.82) is 0 Å². The van der Waals surface area contributed by atoms with Gasteiger partial charge in [-0.05, 0) is 30.2 Å². The van der Waals surface area contributed by atoms with Gasteiger partial charge in [0, 0.05) is 17.3 Å². The van der Waals surface area contributed by atoms with E-state index in [0.717, 1.165) is 6.26 Å². The van der Waals surface area contributed by atoms with Crippen LogP contribution in [-0.2, 0) is 14.8 Å². The van der Waals surface area contributed by atoms with Crippen LogP contribution < -0.4 is 20.1 Å². The number of sulfonamides is 1. The predicted molar refractivity (Wildman–Crippen MR) is 113 cm³/mol. The van der Waals surface area contributed by atoms with E-state index in [1.54, 1.807) is 36.4 Å². The zero-order chi connectivity index (χ0) is 21.6. The minimum Gasteiger partial charge on any atom is -0.494 e. The van der Waals surface area contributed by atoms with Crippen LogP contribution in [-0.4, -0.2) is 39.6 Å². The first kappa shape index (κ1) is 22.2. The summed E-state index contributed by atoms with van der Waals surface area (Å²) in [5.41, 5.74) is 1.13. The Morgan fingerprint density at radius 2 is 1.69 bits per heavy atom. The van der Waals surface area contributed by atoms with Crippen LogP contribution in [0.2, 0.25) is 0 Å². The molecule has 2 amide bonds. The standard InChI is InChI=1S/C20H25N3O5S/c1-13(2)18(22-19(24)14-8-6-5-7-9-14)20(25)21-15-10-11-16(17(12-15)28-3)23-29(4,26)27/h5-13,18,23H,1-4H3,(H,21,25)(H,22,24). The van der Waals surface area contributed by atoms with Gasteiger partial charge in [0.2, 0.25) is 15.9 Å². The van der Waals surface area contributed by atoms with Crippen molar-refractivity contribution in [1.82, 2.24) is 5.32 Å². The number of nitrogens with one attached hydrogen (secondary N) is 3. The maximum atomic E-state index is 12.8.